The predicted molar refractivity (Wildman–Crippen MR) is 126 cm³/mol. The van der Waals surface area contributed by atoms with Crippen LogP contribution in [-0.4, -0.2) is 126 Å². The molecule has 0 aromatic rings. The second-order valence-electron chi connectivity index (χ2n) is 6.13. The Hall–Kier alpha value is -4.36. The molecule has 0 spiro atoms. The molecule has 0 amide bonds. The van der Waals surface area contributed by atoms with Crippen molar-refractivity contribution in [2.24, 2.45) is 11.5 Å². The molecule has 0 aromatic carbocycles. The van der Waals surface area contributed by atoms with Gasteiger partial charge in [-0.25, -0.2) is 0 Å². The summed E-state index contributed by atoms with van der Waals surface area (Å²) in [4.78, 5) is 79.0. The molecule has 12 N–H and O–H groups in total. The number of carbonyl (C=O) groups is 8. The summed E-state index contributed by atoms with van der Waals surface area (Å²) in [6, 6.07) is -1.46. The van der Waals surface area contributed by atoms with E-state index in [2.05, 4.69) is 0 Å². The molecule has 0 heterocycles. The highest BCUT2D eigenvalue weighted by Gasteiger charge is 2.29. The first-order valence-corrected chi connectivity index (χ1v) is 9.89. The number of nitrogens with zero attached hydrogens (tertiary/aromatic N) is 1. The van der Waals surface area contributed by atoms with Gasteiger partial charge in [-0.05, 0) is 6.42 Å². The molecular formula is C19H37N3O16. The second kappa shape index (κ2) is 32.6. The third-order valence-electron chi connectivity index (χ3n) is 2.20. The van der Waals surface area contributed by atoms with Crippen molar-refractivity contribution in [2.75, 3.05) is 26.2 Å². The van der Waals surface area contributed by atoms with Crippen LogP contribution in [0.1, 0.15) is 40.5 Å². The monoisotopic (exact) mass is 563 g/mol. The van der Waals surface area contributed by atoms with Crippen LogP contribution in [0.2, 0.25) is 0 Å². The molecule has 0 rings (SSSR count). The topological polar surface area (TPSA) is 354 Å². The van der Waals surface area contributed by atoms with E-state index in [1.165, 1.54) is 0 Å². The van der Waals surface area contributed by atoms with E-state index >= 15 is 0 Å². The molecule has 38 heavy (non-hydrogen) atoms. The van der Waals surface area contributed by atoms with Crippen LogP contribution >= 0.6 is 0 Å². The number of carboxylic acid groups (broad SMARTS) is 8. The molecule has 0 aliphatic carbocycles. The molecular weight excluding hydrogens is 526 g/mol. The summed E-state index contributed by atoms with van der Waals surface area (Å²) in [5.74, 6) is -8.82. The average Bonchev–Trinajstić information content (AvgIpc) is 2.65. The van der Waals surface area contributed by atoms with Crippen LogP contribution in [0.5, 0.6) is 0 Å². The number of hydrogen-bond acceptors (Lipinski definition) is 11. The minimum Gasteiger partial charge on any atom is -0.481 e. The lowest BCUT2D eigenvalue weighted by molar-refractivity contribution is -0.150. The number of rotatable bonds is 10. The van der Waals surface area contributed by atoms with Gasteiger partial charge in [0.2, 0.25) is 0 Å². The molecule has 0 aromatic heterocycles. The van der Waals surface area contributed by atoms with E-state index in [9.17, 15) is 19.2 Å². The summed E-state index contributed by atoms with van der Waals surface area (Å²) in [5.41, 5.74) is 9.81. The number of aliphatic carboxylic acids is 8. The van der Waals surface area contributed by atoms with Crippen LogP contribution in [0.3, 0.4) is 0 Å². The van der Waals surface area contributed by atoms with Gasteiger partial charge >= 0.3 is 23.9 Å². The van der Waals surface area contributed by atoms with E-state index in [4.69, 9.17) is 71.5 Å². The first-order chi connectivity index (χ1) is 17.1. The van der Waals surface area contributed by atoms with Crippen molar-refractivity contribution in [1.29, 1.82) is 0 Å². The summed E-state index contributed by atoms with van der Waals surface area (Å²) >= 11 is 0. The Labute approximate surface area is 216 Å². The lowest BCUT2D eigenvalue weighted by atomic mass is 10.1. The lowest BCUT2D eigenvalue weighted by Gasteiger charge is -2.25. The van der Waals surface area contributed by atoms with Crippen molar-refractivity contribution in [2.45, 2.75) is 46.6 Å². The molecule has 19 heteroatoms. The van der Waals surface area contributed by atoms with E-state index in [-0.39, 0.29) is 6.42 Å². The van der Waals surface area contributed by atoms with Gasteiger partial charge in [-0.1, -0.05) is 0 Å². The fourth-order valence-corrected chi connectivity index (χ4v) is 1.35. The van der Waals surface area contributed by atoms with Gasteiger partial charge in [-0.2, -0.15) is 0 Å². The van der Waals surface area contributed by atoms with Gasteiger partial charge in [0.05, 0.1) is 13.1 Å². The normalized spacial score (nSPS) is 9.13. The van der Waals surface area contributed by atoms with E-state index in [0.29, 0.717) is 18.0 Å². The second-order valence-corrected chi connectivity index (χ2v) is 6.13. The third-order valence-corrected chi connectivity index (χ3v) is 2.20. The van der Waals surface area contributed by atoms with Crippen LogP contribution in [0.15, 0.2) is 0 Å². The number of nitrogens with two attached hydrogens (primary N) is 2. The largest absolute Gasteiger partial charge is 0.481 e. The minimum atomic E-state index is -1.46. The molecule has 19 nitrogen and oxygen atoms in total. The zero-order chi connectivity index (χ0) is 32.0. The van der Waals surface area contributed by atoms with E-state index in [0.717, 1.165) is 27.7 Å². The Kier molecular flexibility index (Phi) is 40.3. The van der Waals surface area contributed by atoms with E-state index in [1.807, 2.05) is 0 Å². The molecule has 0 unspecified atom stereocenters. The van der Waals surface area contributed by atoms with Crippen molar-refractivity contribution < 1.29 is 79.2 Å². The van der Waals surface area contributed by atoms with Crippen LogP contribution in [0, 0.1) is 0 Å². The number of hydrogen-bond donors (Lipinski definition) is 10. The van der Waals surface area contributed by atoms with E-state index in [1.54, 1.807) is 0 Å². The van der Waals surface area contributed by atoms with Crippen molar-refractivity contribution in [3.8, 4) is 0 Å². The number of carboxylic acids is 8. The highest BCUT2D eigenvalue weighted by Crippen LogP contribution is 2.08. The standard InChI is InChI=1S/C9H13NO8.C2H8N2.4C2H4O2/c11-6(12)2-1-5(9(17)18)10(3-7(13)14)4-8(15)16;3-1-2-4;4*1-2(3)4/h5H,1-4H2,(H,11,12)(H,13,14)(H,15,16)(H,17,18);1-4H2;4*1H3,(H,3,4)/t5-;;;;;/m0...../s1. The maximum absolute atomic E-state index is 10.9. The smallest absolute Gasteiger partial charge is 0.320 e. The Morgan fingerprint density at radius 1 is 0.553 bits per heavy atom. The van der Waals surface area contributed by atoms with Crippen molar-refractivity contribution in [3.63, 3.8) is 0 Å². The Balaban J connectivity index is -0.000000103. The summed E-state index contributed by atoms with van der Waals surface area (Å²) in [5, 5.41) is 64.1. The first kappa shape index (κ1) is 46.9. The predicted octanol–water partition coefficient (Wildman–Crippen LogP) is -1.96. The maximum atomic E-state index is 10.9. The fourth-order valence-electron chi connectivity index (χ4n) is 1.35. The van der Waals surface area contributed by atoms with Gasteiger partial charge in [0.1, 0.15) is 6.04 Å². The maximum Gasteiger partial charge on any atom is 0.320 e. The molecule has 0 bridgehead atoms. The van der Waals surface area contributed by atoms with Crippen molar-refractivity contribution in [3.05, 3.63) is 0 Å². The molecule has 0 aliphatic rings. The Bertz CT molecular complexity index is 645. The SMILES string of the molecule is CC(=O)O.CC(=O)O.CC(=O)O.CC(=O)O.NCCN.O=C(O)CC[C@@H](C(=O)O)N(CC(=O)O)CC(=O)O. The van der Waals surface area contributed by atoms with Crippen LogP contribution in [-0.2, 0) is 38.4 Å². The highest BCUT2D eigenvalue weighted by atomic mass is 16.4. The molecule has 0 saturated heterocycles. The molecule has 0 aliphatic heterocycles. The highest BCUT2D eigenvalue weighted by molar-refractivity contribution is 5.78. The van der Waals surface area contributed by atoms with Gasteiger partial charge in [-0.15, -0.1) is 0 Å². The fraction of sp³-hybridized carbons (Fsp3) is 0.579. The first-order valence-electron chi connectivity index (χ1n) is 9.89. The quantitative estimate of drug-likeness (QED) is 0.138. The molecule has 224 valence electrons. The zero-order valence-corrected chi connectivity index (χ0v) is 21.3. The summed E-state index contributed by atoms with van der Waals surface area (Å²) in [6.07, 6.45) is -0.863. The lowest BCUT2D eigenvalue weighted by Crippen LogP contribution is -2.46. The summed E-state index contributed by atoms with van der Waals surface area (Å²) in [7, 11) is 0. The van der Waals surface area contributed by atoms with Crippen molar-refractivity contribution in [1.82, 2.24) is 4.90 Å². The van der Waals surface area contributed by atoms with E-state index < -0.39 is 73.3 Å². The van der Waals surface area contributed by atoms with Gasteiger partial charge in [0.25, 0.3) is 23.9 Å². The van der Waals surface area contributed by atoms with Gasteiger partial charge in [0.15, 0.2) is 0 Å². The average molecular weight is 564 g/mol. The van der Waals surface area contributed by atoms with Crippen LogP contribution in [0.25, 0.3) is 0 Å². The molecule has 0 fully saturated rings. The van der Waals surface area contributed by atoms with Gasteiger partial charge in [0, 0.05) is 47.2 Å². The van der Waals surface area contributed by atoms with Crippen LogP contribution in [0.4, 0.5) is 0 Å². The van der Waals surface area contributed by atoms with Gasteiger partial charge < -0.3 is 52.3 Å². The van der Waals surface area contributed by atoms with Crippen molar-refractivity contribution >= 4 is 47.8 Å². The molecule has 0 saturated carbocycles. The zero-order valence-electron chi connectivity index (χ0n) is 21.3. The van der Waals surface area contributed by atoms with Gasteiger partial charge in [-0.3, -0.25) is 43.3 Å². The molecule has 0 radical (unpaired) electrons. The minimum absolute atomic E-state index is 0.370. The summed E-state index contributed by atoms with van der Waals surface area (Å²) < 4.78 is 0. The Morgan fingerprint density at radius 2 is 0.789 bits per heavy atom. The van der Waals surface area contributed by atoms with Crippen LogP contribution < -0.4 is 11.5 Å². The third kappa shape index (κ3) is 95.5. The molecule has 1 atom stereocenters. The Morgan fingerprint density at radius 3 is 0.921 bits per heavy atom. The summed E-state index contributed by atoms with van der Waals surface area (Å²) in [6.45, 7) is 3.95.